The van der Waals surface area contributed by atoms with Gasteiger partial charge in [0.15, 0.2) is 6.61 Å². The summed E-state index contributed by atoms with van der Waals surface area (Å²) in [5.41, 5.74) is 4.93. The molecule has 30 heavy (non-hydrogen) atoms. The quantitative estimate of drug-likeness (QED) is 0.713. The van der Waals surface area contributed by atoms with Crippen LogP contribution >= 0.6 is 0 Å². The van der Waals surface area contributed by atoms with Crippen LogP contribution in [0.2, 0.25) is 0 Å². The first-order valence-corrected chi connectivity index (χ1v) is 11.4. The van der Waals surface area contributed by atoms with E-state index in [1.807, 2.05) is 17.0 Å². The van der Waals surface area contributed by atoms with Crippen molar-refractivity contribution in [2.45, 2.75) is 65.0 Å². The third kappa shape index (κ3) is 4.18. The van der Waals surface area contributed by atoms with E-state index in [-0.39, 0.29) is 24.5 Å². The standard InChI is InChI=1S/C24H33N3O3/c1-3-13-26(14-4-2)22(28)16-30-21-9-5-7-18-19(21)15-27(23(18)17-10-11-17)20-8-6-12-25-24(20)29/h5,7,9,20H,3-4,6,8,10-16H2,1-2H3,(H,25,29). The number of rotatable bonds is 8. The fraction of sp³-hybridized carbons (Fsp3) is 0.583. The summed E-state index contributed by atoms with van der Waals surface area (Å²) < 4.78 is 6.05. The number of nitrogens with one attached hydrogen (secondary N) is 1. The summed E-state index contributed by atoms with van der Waals surface area (Å²) in [5, 5.41) is 3.02. The maximum Gasteiger partial charge on any atom is 0.260 e. The SMILES string of the molecule is CCCN(CCC)C(=O)COc1cccc2c1CN(C1CCCNC1=O)C2=C1CC1. The molecule has 0 radical (unpaired) electrons. The maximum atomic E-state index is 12.7. The fourth-order valence-corrected chi connectivity index (χ4v) is 4.63. The van der Waals surface area contributed by atoms with Gasteiger partial charge >= 0.3 is 0 Å². The van der Waals surface area contributed by atoms with Crippen LogP contribution in [0.25, 0.3) is 5.70 Å². The molecule has 2 fully saturated rings. The Morgan fingerprint density at radius 1 is 1.23 bits per heavy atom. The molecule has 1 aromatic rings. The molecule has 2 aliphatic heterocycles. The number of amides is 2. The predicted octanol–water partition coefficient (Wildman–Crippen LogP) is 3.31. The van der Waals surface area contributed by atoms with Gasteiger partial charge in [0.1, 0.15) is 11.8 Å². The van der Waals surface area contributed by atoms with E-state index < -0.39 is 0 Å². The van der Waals surface area contributed by atoms with Gasteiger partial charge in [-0.25, -0.2) is 0 Å². The first kappa shape index (κ1) is 20.8. The number of allylic oxidation sites excluding steroid dienone is 1. The molecule has 2 amide bonds. The topological polar surface area (TPSA) is 61.9 Å². The molecule has 0 bridgehead atoms. The first-order valence-electron chi connectivity index (χ1n) is 11.4. The number of ether oxygens (including phenoxy) is 1. The van der Waals surface area contributed by atoms with Crippen molar-refractivity contribution < 1.29 is 14.3 Å². The van der Waals surface area contributed by atoms with Crippen LogP contribution in [0, 0.1) is 0 Å². The molecule has 1 atom stereocenters. The zero-order valence-corrected chi connectivity index (χ0v) is 18.2. The highest BCUT2D eigenvalue weighted by atomic mass is 16.5. The van der Waals surface area contributed by atoms with Crippen LogP contribution in [0.3, 0.4) is 0 Å². The van der Waals surface area contributed by atoms with Crippen molar-refractivity contribution in [3.8, 4) is 5.75 Å². The van der Waals surface area contributed by atoms with Gasteiger partial charge in [-0.2, -0.15) is 0 Å². The second-order valence-corrected chi connectivity index (χ2v) is 8.48. The zero-order chi connectivity index (χ0) is 21.1. The molecule has 162 valence electrons. The summed E-state index contributed by atoms with van der Waals surface area (Å²) in [4.78, 5) is 29.4. The lowest BCUT2D eigenvalue weighted by molar-refractivity contribution is -0.133. The van der Waals surface area contributed by atoms with Gasteiger partial charge in [-0.15, -0.1) is 0 Å². The lowest BCUT2D eigenvalue weighted by Crippen LogP contribution is -2.48. The normalized spacial score (nSPS) is 20.1. The van der Waals surface area contributed by atoms with Gasteiger partial charge in [-0.3, -0.25) is 9.59 Å². The Morgan fingerprint density at radius 2 is 2.00 bits per heavy atom. The van der Waals surface area contributed by atoms with Crippen LogP contribution in [0.5, 0.6) is 5.75 Å². The average molecular weight is 412 g/mol. The minimum Gasteiger partial charge on any atom is -0.483 e. The molecule has 1 saturated carbocycles. The molecule has 2 heterocycles. The summed E-state index contributed by atoms with van der Waals surface area (Å²) in [6.07, 6.45) is 5.99. The Bertz CT molecular complexity index is 836. The van der Waals surface area contributed by atoms with Gasteiger partial charge in [0.2, 0.25) is 5.91 Å². The third-order valence-electron chi connectivity index (χ3n) is 6.16. The van der Waals surface area contributed by atoms with Crippen molar-refractivity contribution in [3.63, 3.8) is 0 Å². The molecule has 0 spiro atoms. The molecule has 1 saturated heterocycles. The Morgan fingerprint density at radius 3 is 2.67 bits per heavy atom. The third-order valence-corrected chi connectivity index (χ3v) is 6.16. The van der Waals surface area contributed by atoms with Crippen LogP contribution in [0.1, 0.15) is 63.5 Å². The van der Waals surface area contributed by atoms with Gasteiger partial charge in [0.25, 0.3) is 5.91 Å². The van der Waals surface area contributed by atoms with Crippen molar-refractivity contribution in [3.05, 3.63) is 34.9 Å². The van der Waals surface area contributed by atoms with Gasteiger partial charge in [-0.1, -0.05) is 26.0 Å². The van der Waals surface area contributed by atoms with Crippen molar-refractivity contribution in [2.24, 2.45) is 0 Å². The summed E-state index contributed by atoms with van der Waals surface area (Å²) in [6, 6.07) is 5.97. The van der Waals surface area contributed by atoms with Crippen LogP contribution in [-0.2, 0) is 16.1 Å². The van der Waals surface area contributed by atoms with E-state index in [0.717, 1.165) is 69.5 Å². The van der Waals surface area contributed by atoms with E-state index in [1.54, 1.807) is 0 Å². The molecule has 3 aliphatic rings. The lowest BCUT2D eigenvalue weighted by Gasteiger charge is -2.33. The smallest absolute Gasteiger partial charge is 0.260 e. The lowest BCUT2D eigenvalue weighted by atomic mass is 10.0. The van der Waals surface area contributed by atoms with Crippen molar-refractivity contribution in [2.75, 3.05) is 26.2 Å². The van der Waals surface area contributed by atoms with Crippen LogP contribution in [0.15, 0.2) is 23.8 Å². The number of nitrogens with zero attached hydrogens (tertiary/aromatic N) is 2. The van der Waals surface area contributed by atoms with Crippen molar-refractivity contribution in [1.82, 2.24) is 15.1 Å². The van der Waals surface area contributed by atoms with Crippen LogP contribution < -0.4 is 10.1 Å². The average Bonchev–Trinajstić information content (AvgIpc) is 3.51. The highest BCUT2D eigenvalue weighted by molar-refractivity contribution is 5.87. The minimum absolute atomic E-state index is 0.0404. The number of carbonyl (C=O) groups is 2. The molecular formula is C24H33N3O3. The second-order valence-electron chi connectivity index (χ2n) is 8.48. The van der Waals surface area contributed by atoms with E-state index in [2.05, 4.69) is 30.1 Å². The van der Waals surface area contributed by atoms with Gasteiger partial charge in [0.05, 0.1) is 0 Å². The number of hydrogen-bond donors (Lipinski definition) is 1. The van der Waals surface area contributed by atoms with E-state index in [1.165, 1.54) is 16.8 Å². The fourth-order valence-electron chi connectivity index (χ4n) is 4.63. The van der Waals surface area contributed by atoms with E-state index in [9.17, 15) is 9.59 Å². The number of piperidine rings is 1. The molecule has 6 heteroatoms. The highest BCUT2D eigenvalue weighted by Crippen LogP contribution is 2.47. The largest absolute Gasteiger partial charge is 0.483 e. The Kier molecular flexibility index (Phi) is 6.30. The molecule has 0 aromatic heterocycles. The van der Waals surface area contributed by atoms with E-state index in [0.29, 0.717) is 6.54 Å². The molecule has 1 aromatic carbocycles. The van der Waals surface area contributed by atoms with Crippen molar-refractivity contribution in [1.29, 1.82) is 0 Å². The molecule has 1 aliphatic carbocycles. The minimum atomic E-state index is -0.117. The molecule has 6 nitrogen and oxygen atoms in total. The second kappa shape index (κ2) is 9.11. The number of benzene rings is 1. The van der Waals surface area contributed by atoms with Crippen molar-refractivity contribution >= 4 is 17.5 Å². The number of hydrogen-bond acceptors (Lipinski definition) is 4. The van der Waals surface area contributed by atoms with Crippen LogP contribution in [0.4, 0.5) is 0 Å². The Balaban J connectivity index is 1.54. The predicted molar refractivity (Wildman–Crippen MR) is 117 cm³/mol. The van der Waals surface area contributed by atoms with Gasteiger partial charge in [0, 0.05) is 43.0 Å². The Hall–Kier alpha value is -2.50. The highest BCUT2D eigenvalue weighted by Gasteiger charge is 2.39. The van der Waals surface area contributed by atoms with Crippen LogP contribution in [-0.4, -0.2) is 53.9 Å². The van der Waals surface area contributed by atoms with Gasteiger partial charge in [-0.05, 0) is 50.2 Å². The summed E-state index contributed by atoms with van der Waals surface area (Å²) in [7, 11) is 0. The monoisotopic (exact) mass is 411 g/mol. The molecule has 1 unspecified atom stereocenters. The molecule has 1 N–H and O–H groups in total. The summed E-state index contributed by atoms with van der Waals surface area (Å²) in [6.45, 7) is 7.21. The first-order chi connectivity index (χ1) is 14.6. The van der Waals surface area contributed by atoms with E-state index >= 15 is 0 Å². The molecule has 4 rings (SSSR count). The summed E-state index contributed by atoms with van der Waals surface area (Å²) in [5.74, 6) is 0.935. The number of fused-ring (bicyclic) bond motifs is 1. The zero-order valence-electron chi connectivity index (χ0n) is 18.2. The molecular weight excluding hydrogens is 378 g/mol. The summed E-state index contributed by atoms with van der Waals surface area (Å²) >= 11 is 0. The van der Waals surface area contributed by atoms with E-state index in [4.69, 9.17) is 4.74 Å². The van der Waals surface area contributed by atoms with Gasteiger partial charge < -0.3 is 19.9 Å². The Labute approximate surface area is 179 Å². The number of carbonyl (C=O) groups excluding carboxylic acids is 2. The maximum absolute atomic E-state index is 12.7.